The number of rotatable bonds is 6. The summed E-state index contributed by atoms with van der Waals surface area (Å²) in [7, 11) is 5.81. The zero-order chi connectivity index (χ0) is 23.5. The molecule has 0 unspecified atom stereocenters. The number of likely N-dealkylation sites (N-methyl/N-ethyl adjacent to an activating group) is 1. The summed E-state index contributed by atoms with van der Waals surface area (Å²) >= 11 is 0. The fourth-order valence-electron chi connectivity index (χ4n) is 4.26. The molecule has 1 aliphatic heterocycles. The summed E-state index contributed by atoms with van der Waals surface area (Å²) in [5, 5.41) is 3.01. The lowest BCUT2D eigenvalue weighted by Crippen LogP contribution is -2.34. The molecule has 1 amide bonds. The molecule has 1 fully saturated rings. The van der Waals surface area contributed by atoms with Crippen molar-refractivity contribution < 1.29 is 9.18 Å². The molecular formula is C25H29FN6O. The molecule has 33 heavy (non-hydrogen) atoms. The van der Waals surface area contributed by atoms with Crippen molar-refractivity contribution in [1.29, 1.82) is 0 Å². The molecule has 1 N–H and O–H groups in total. The molecule has 1 atom stereocenters. The number of nitrogens with one attached hydrogen (secondary N) is 1. The minimum absolute atomic E-state index is 0.0875. The second kappa shape index (κ2) is 9.62. The molecule has 1 aliphatic rings. The van der Waals surface area contributed by atoms with Crippen molar-refractivity contribution in [3.63, 3.8) is 0 Å². The normalized spacial score (nSPS) is 15.8. The standard InChI is InChI=1S/C25H29FN6O/c1-5-21-23(17-7-9-22(27-2)28-13-17)24(30-15-29-21)16-6-8-19(20(26)12-16)25(33)32-11-10-18(14-32)31(3)4/h6-9,12-13,15,18H,5,10-11,14H2,1-4H3,(H,27,28)/t18-/m0/s1. The molecule has 7 nitrogen and oxygen atoms in total. The Kier molecular flexibility index (Phi) is 6.65. The van der Waals surface area contributed by atoms with Crippen LogP contribution in [0.15, 0.2) is 42.9 Å². The number of aryl methyl sites for hydroxylation is 1. The molecule has 8 heteroatoms. The van der Waals surface area contributed by atoms with E-state index in [0.717, 1.165) is 29.1 Å². The van der Waals surface area contributed by atoms with Crippen LogP contribution < -0.4 is 5.32 Å². The molecular weight excluding hydrogens is 419 g/mol. The van der Waals surface area contributed by atoms with Crippen molar-refractivity contribution in [3.05, 3.63) is 59.9 Å². The quantitative estimate of drug-likeness (QED) is 0.620. The Hall–Kier alpha value is -3.39. The third-order valence-corrected chi connectivity index (χ3v) is 6.22. The first-order chi connectivity index (χ1) is 15.9. The van der Waals surface area contributed by atoms with Gasteiger partial charge in [0.05, 0.1) is 17.0 Å². The van der Waals surface area contributed by atoms with Gasteiger partial charge in [-0.2, -0.15) is 0 Å². The van der Waals surface area contributed by atoms with E-state index in [4.69, 9.17) is 0 Å². The van der Waals surface area contributed by atoms with Gasteiger partial charge in [0.1, 0.15) is 18.0 Å². The largest absolute Gasteiger partial charge is 0.373 e. The maximum absolute atomic E-state index is 15.2. The molecule has 0 spiro atoms. The zero-order valence-corrected chi connectivity index (χ0v) is 19.5. The number of benzene rings is 1. The summed E-state index contributed by atoms with van der Waals surface area (Å²) < 4.78 is 15.2. The fourth-order valence-corrected chi connectivity index (χ4v) is 4.26. The number of hydrogen-bond acceptors (Lipinski definition) is 6. The Balaban J connectivity index is 1.69. The maximum atomic E-state index is 15.2. The minimum Gasteiger partial charge on any atom is -0.373 e. The van der Waals surface area contributed by atoms with Crippen molar-refractivity contribution in [2.24, 2.45) is 0 Å². The highest BCUT2D eigenvalue weighted by Crippen LogP contribution is 2.33. The molecule has 172 valence electrons. The van der Waals surface area contributed by atoms with Crippen LogP contribution in [-0.4, -0.2) is 70.9 Å². The van der Waals surface area contributed by atoms with E-state index in [1.807, 2.05) is 40.2 Å². The van der Waals surface area contributed by atoms with Gasteiger partial charge in [-0.05, 0) is 51.2 Å². The summed E-state index contributed by atoms with van der Waals surface area (Å²) in [6.45, 7) is 3.26. The van der Waals surface area contributed by atoms with Gasteiger partial charge in [0.25, 0.3) is 5.91 Å². The van der Waals surface area contributed by atoms with Crippen LogP contribution in [0.4, 0.5) is 10.2 Å². The van der Waals surface area contributed by atoms with Crippen LogP contribution in [0.1, 0.15) is 29.4 Å². The number of aromatic nitrogens is 3. The first-order valence-electron chi connectivity index (χ1n) is 11.2. The topological polar surface area (TPSA) is 74.2 Å². The number of amides is 1. The first-order valence-corrected chi connectivity index (χ1v) is 11.2. The van der Waals surface area contributed by atoms with E-state index >= 15 is 4.39 Å². The van der Waals surface area contributed by atoms with E-state index < -0.39 is 5.82 Å². The van der Waals surface area contributed by atoms with Gasteiger partial charge in [-0.15, -0.1) is 0 Å². The Bertz CT molecular complexity index is 1150. The number of carbonyl (C=O) groups excluding carboxylic acids is 1. The highest BCUT2D eigenvalue weighted by molar-refractivity contribution is 5.95. The summed E-state index contributed by atoms with van der Waals surface area (Å²) in [6.07, 6.45) is 4.84. The zero-order valence-electron chi connectivity index (χ0n) is 19.5. The van der Waals surface area contributed by atoms with Gasteiger partial charge in [0.2, 0.25) is 0 Å². The number of anilines is 1. The Morgan fingerprint density at radius 3 is 2.58 bits per heavy atom. The van der Waals surface area contributed by atoms with Gasteiger partial charge in [0, 0.05) is 49.1 Å². The fraction of sp³-hybridized carbons (Fsp3) is 0.360. The lowest BCUT2D eigenvalue weighted by Gasteiger charge is -2.21. The third-order valence-electron chi connectivity index (χ3n) is 6.22. The average molecular weight is 449 g/mol. The van der Waals surface area contributed by atoms with Crippen LogP contribution in [0.3, 0.4) is 0 Å². The number of pyridine rings is 1. The number of hydrogen-bond donors (Lipinski definition) is 1. The van der Waals surface area contributed by atoms with Gasteiger partial charge >= 0.3 is 0 Å². The lowest BCUT2D eigenvalue weighted by molar-refractivity contribution is 0.0778. The van der Waals surface area contributed by atoms with Crippen molar-refractivity contribution in [1.82, 2.24) is 24.8 Å². The molecule has 3 heterocycles. The van der Waals surface area contributed by atoms with Crippen LogP contribution in [0.2, 0.25) is 0 Å². The molecule has 0 aliphatic carbocycles. The number of carbonyl (C=O) groups is 1. The summed E-state index contributed by atoms with van der Waals surface area (Å²) in [6, 6.07) is 8.85. The number of halogens is 1. The predicted octanol–water partition coefficient (Wildman–Crippen LogP) is 3.72. The van der Waals surface area contributed by atoms with E-state index in [2.05, 4.69) is 25.2 Å². The van der Waals surface area contributed by atoms with Crippen molar-refractivity contribution in [2.75, 3.05) is 39.5 Å². The molecule has 1 aromatic carbocycles. The monoisotopic (exact) mass is 448 g/mol. The van der Waals surface area contributed by atoms with Gasteiger partial charge < -0.3 is 15.1 Å². The van der Waals surface area contributed by atoms with E-state index in [1.165, 1.54) is 12.4 Å². The molecule has 2 aromatic heterocycles. The average Bonchev–Trinajstić information content (AvgIpc) is 3.34. The van der Waals surface area contributed by atoms with E-state index in [9.17, 15) is 4.79 Å². The number of likely N-dealkylation sites (tertiary alicyclic amines) is 1. The second-order valence-electron chi connectivity index (χ2n) is 8.43. The van der Waals surface area contributed by atoms with E-state index in [-0.39, 0.29) is 11.5 Å². The third kappa shape index (κ3) is 4.57. The molecule has 0 radical (unpaired) electrons. The van der Waals surface area contributed by atoms with Gasteiger partial charge in [-0.25, -0.2) is 19.3 Å². The van der Waals surface area contributed by atoms with Crippen molar-refractivity contribution in [2.45, 2.75) is 25.8 Å². The van der Waals surface area contributed by atoms with Crippen LogP contribution in [-0.2, 0) is 6.42 Å². The summed E-state index contributed by atoms with van der Waals surface area (Å²) in [5.41, 5.74) is 3.83. The Labute approximate surface area is 193 Å². The molecule has 4 rings (SSSR count). The number of nitrogens with zero attached hydrogens (tertiary/aromatic N) is 5. The SMILES string of the molecule is CCc1ncnc(-c2ccc(C(=O)N3CC[C@H](N(C)C)C3)c(F)c2)c1-c1ccc(NC)nc1. The summed E-state index contributed by atoms with van der Waals surface area (Å²) in [5.74, 6) is -0.0630. The Morgan fingerprint density at radius 1 is 1.18 bits per heavy atom. The summed E-state index contributed by atoms with van der Waals surface area (Å²) in [4.78, 5) is 30.1. The molecule has 0 saturated carbocycles. The van der Waals surface area contributed by atoms with Crippen LogP contribution in [0.25, 0.3) is 22.4 Å². The van der Waals surface area contributed by atoms with Crippen LogP contribution in [0, 0.1) is 5.82 Å². The van der Waals surface area contributed by atoms with Crippen LogP contribution >= 0.6 is 0 Å². The molecule has 3 aromatic rings. The highest BCUT2D eigenvalue weighted by Gasteiger charge is 2.29. The van der Waals surface area contributed by atoms with Gasteiger partial charge in [-0.3, -0.25) is 4.79 Å². The molecule has 0 bridgehead atoms. The van der Waals surface area contributed by atoms with Crippen LogP contribution in [0.5, 0.6) is 0 Å². The smallest absolute Gasteiger partial charge is 0.256 e. The van der Waals surface area contributed by atoms with Gasteiger partial charge in [-0.1, -0.05) is 13.0 Å². The van der Waals surface area contributed by atoms with Crippen molar-refractivity contribution >= 4 is 11.7 Å². The second-order valence-corrected chi connectivity index (χ2v) is 8.43. The lowest BCUT2D eigenvalue weighted by atomic mass is 9.97. The van der Waals surface area contributed by atoms with Gasteiger partial charge in [0.15, 0.2) is 0 Å². The predicted molar refractivity (Wildman–Crippen MR) is 128 cm³/mol. The van der Waals surface area contributed by atoms with E-state index in [0.29, 0.717) is 36.8 Å². The van der Waals surface area contributed by atoms with E-state index in [1.54, 1.807) is 23.2 Å². The first kappa shape index (κ1) is 22.8. The maximum Gasteiger partial charge on any atom is 0.256 e. The molecule has 1 saturated heterocycles. The van der Waals surface area contributed by atoms with Crippen molar-refractivity contribution in [3.8, 4) is 22.4 Å². The Morgan fingerprint density at radius 2 is 1.97 bits per heavy atom. The minimum atomic E-state index is -0.544. The highest BCUT2D eigenvalue weighted by atomic mass is 19.1.